The predicted molar refractivity (Wildman–Crippen MR) is 84.0 cm³/mol. The molecule has 4 heteroatoms. The highest BCUT2D eigenvalue weighted by molar-refractivity contribution is 7.71. The molecule has 0 saturated carbocycles. The summed E-state index contributed by atoms with van der Waals surface area (Å²) in [4.78, 5) is 7.89. The van der Waals surface area contributed by atoms with Crippen molar-refractivity contribution in [3.8, 4) is 5.75 Å². The molecule has 0 amide bonds. The molecule has 20 heavy (non-hydrogen) atoms. The maximum atomic E-state index is 5.42. The van der Waals surface area contributed by atoms with Crippen LogP contribution in [0, 0.1) is 11.6 Å². The number of rotatable bonds is 4. The molecule has 1 aromatic carbocycles. The SMILES string of the molecule is COc1ccccc1Cc1nc(=S)c(C(C)C)c(C)[nH]1. The molecular weight excluding hydrogens is 268 g/mol. The molecule has 0 bridgehead atoms. The van der Waals surface area contributed by atoms with Gasteiger partial charge in [0.05, 0.1) is 7.11 Å². The molecule has 0 spiro atoms. The Balaban J connectivity index is 2.38. The fourth-order valence-electron chi connectivity index (χ4n) is 2.45. The second-order valence-corrected chi connectivity index (χ2v) is 5.56. The van der Waals surface area contributed by atoms with Gasteiger partial charge in [0.15, 0.2) is 0 Å². The zero-order valence-corrected chi connectivity index (χ0v) is 13.2. The molecule has 0 unspecified atom stereocenters. The van der Waals surface area contributed by atoms with E-state index in [0.717, 1.165) is 28.4 Å². The third-order valence-electron chi connectivity index (χ3n) is 3.33. The molecule has 0 atom stereocenters. The van der Waals surface area contributed by atoms with Gasteiger partial charge in [-0.05, 0) is 18.9 Å². The van der Waals surface area contributed by atoms with Gasteiger partial charge in [0.25, 0.3) is 0 Å². The minimum atomic E-state index is 0.381. The van der Waals surface area contributed by atoms with Crippen LogP contribution in [0.25, 0.3) is 0 Å². The number of aromatic amines is 1. The molecular formula is C16H20N2OS. The third kappa shape index (κ3) is 3.07. The minimum absolute atomic E-state index is 0.381. The zero-order chi connectivity index (χ0) is 14.7. The van der Waals surface area contributed by atoms with E-state index in [1.54, 1.807) is 7.11 Å². The van der Waals surface area contributed by atoms with Gasteiger partial charge in [0.1, 0.15) is 16.2 Å². The van der Waals surface area contributed by atoms with Crippen LogP contribution in [0.2, 0.25) is 0 Å². The standard InChI is InChI=1S/C16H20N2OS/c1-10(2)15-11(3)17-14(18-16(15)20)9-12-7-5-6-8-13(12)19-4/h5-8,10H,9H2,1-4H3,(H,17,18,20). The first-order chi connectivity index (χ1) is 9.52. The fraction of sp³-hybridized carbons (Fsp3) is 0.375. The molecule has 0 saturated heterocycles. The molecule has 2 rings (SSSR count). The number of hydrogen-bond acceptors (Lipinski definition) is 3. The van der Waals surface area contributed by atoms with Crippen LogP contribution >= 0.6 is 12.2 Å². The van der Waals surface area contributed by atoms with Crippen molar-refractivity contribution in [2.24, 2.45) is 0 Å². The van der Waals surface area contributed by atoms with E-state index in [-0.39, 0.29) is 0 Å². The number of H-pyrrole nitrogens is 1. The zero-order valence-electron chi connectivity index (χ0n) is 12.4. The van der Waals surface area contributed by atoms with E-state index in [0.29, 0.717) is 17.0 Å². The van der Waals surface area contributed by atoms with E-state index in [9.17, 15) is 0 Å². The van der Waals surface area contributed by atoms with E-state index >= 15 is 0 Å². The lowest BCUT2D eigenvalue weighted by Crippen LogP contribution is -2.05. The van der Waals surface area contributed by atoms with Crippen molar-refractivity contribution in [2.45, 2.75) is 33.1 Å². The molecule has 1 aromatic heterocycles. The van der Waals surface area contributed by atoms with Crippen LogP contribution in [-0.2, 0) is 6.42 Å². The molecule has 0 aliphatic carbocycles. The molecule has 106 valence electrons. The summed E-state index contributed by atoms with van der Waals surface area (Å²) in [6.07, 6.45) is 0.687. The Bertz CT molecular complexity index is 662. The molecule has 2 aromatic rings. The van der Waals surface area contributed by atoms with Gasteiger partial charge in [-0.25, -0.2) is 4.98 Å². The highest BCUT2D eigenvalue weighted by atomic mass is 32.1. The Morgan fingerprint density at radius 2 is 2.00 bits per heavy atom. The second-order valence-electron chi connectivity index (χ2n) is 5.17. The Hall–Kier alpha value is -1.68. The number of ether oxygens (including phenoxy) is 1. The molecule has 0 fully saturated rings. The number of hydrogen-bond donors (Lipinski definition) is 1. The van der Waals surface area contributed by atoms with Crippen molar-refractivity contribution < 1.29 is 4.74 Å². The molecule has 3 nitrogen and oxygen atoms in total. The lowest BCUT2D eigenvalue weighted by molar-refractivity contribution is 0.410. The van der Waals surface area contributed by atoms with E-state index in [4.69, 9.17) is 17.0 Å². The van der Waals surface area contributed by atoms with Crippen LogP contribution in [-0.4, -0.2) is 17.1 Å². The summed E-state index contributed by atoms with van der Waals surface area (Å²) in [6.45, 7) is 6.32. The number of aryl methyl sites for hydroxylation is 1. The number of methoxy groups -OCH3 is 1. The number of nitrogens with zero attached hydrogens (tertiary/aromatic N) is 1. The molecule has 1 heterocycles. The summed E-state index contributed by atoms with van der Waals surface area (Å²) >= 11 is 5.42. The van der Waals surface area contributed by atoms with Crippen molar-refractivity contribution in [1.29, 1.82) is 0 Å². The van der Waals surface area contributed by atoms with Crippen molar-refractivity contribution >= 4 is 12.2 Å². The largest absolute Gasteiger partial charge is 0.496 e. The van der Waals surface area contributed by atoms with Gasteiger partial charge < -0.3 is 9.72 Å². The normalized spacial score (nSPS) is 10.8. The predicted octanol–water partition coefficient (Wildman–Crippen LogP) is 4.17. The molecule has 0 radical (unpaired) electrons. The number of aromatic nitrogens is 2. The monoisotopic (exact) mass is 288 g/mol. The summed E-state index contributed by atoms with van der Waals surface area (Å²) in [5.74, 6) is 2.13. The summed E-state index contributed by atoms with van der Waals surface area (Å²) in [6, 6.07) is 7.97. The van der Waals surface area contributed by atoms with Crippen LogP contribution in [0.4, 0.5) is 0 Å². The summed E-state index contributed by atoms with van der Waals surface area (Å²) < 4.78 is 6.07. The van der Waals surface area contributed by atoms with E-state index in [1.165, 1.54) is 0 Å². The second kappa shape index (κ2) is 6.18. The number of benzene rings is 1. The minimum Gasteiger partial charge on any atom is -0.496 e. The van der Waals surface area contributed by atoms with Crippen molar-refractivity contribution in [3.63, 3.8) is 0 Å². The topological polar surface area (TPSA) is 37.9 Å². The van der Waals surface area contributed by atoms with Crippen LogP contribution in [0.3, 0.4) is 0 Å². The van der Waals surface area contributed by atoms with Crippen LogP contribution in [0.5, 0.6) is 5.75 Å². The Morgan fingerprint density at radius 3 is 2.60 bits per heavy atom. The Kier molecular flexibility index (Phi) is 4.55. The quantitative estimate of drug-likeness (QED) is 0.858. The Morgan fingerprint density at radius 1 is 1.30 bits per heavy atom. The first-order valence-corrected chi connectivity index (χ1v) is 7.15. The maximum absolute atomic E-state index is 5.42. The lowest BCUT2D eigenvalue weighted by Gasteiger charge is -2.12. The van der Waals surface area contributed by atoms with Gasteiger partial charge in [-0.1, -0.05) is 44.3 Å². The highest BCUT2D eigenvalue weighted by Crippen LogP contribution is 2.22. The van der Waals surface area contributed by atoms with Crippen molar-refractivity contribution in [3.05, 3.63) is 51.6 Å². The van der Waals surface area contributed by atoms with Gasteiger partial charge >= 0.3 is 0 Å². The smallest absolute Gasteiger partial charge is 0.133 e. The molecule has 0 aliphatic rings. The number of nitrogens with one attached hydrogen (secondary N) is 1. The van der Waals surface area contributed by atoms with Crippen LogP contribution in [0.1, 0.15) is 42.4 Å². The van der Waals surface area contributed by atoms with E-state index in [2.05, 4.69) is 30.7 Å². The van der Waals surface area contributed by atoms with E-state index in [1.807, 2.05) is 24.3 Å². The average molecular weight is 288 g/mol. The summed E-state index contributed by atoms with van der Waals surface area (Å²) in [5, 5.41) is 0. The highest BCUT2D eigenvalue weighted by Gasteiger charge is 2.10. The molecule has 1 N–H and O–H groups in total. The fourth-order valence-corrected chi connectivity index (χ4v) is 2.95. The lowest BCUT2D eigenvalue weighted by atomic mass is 10.0. The van der Waals surface area contributed by atoms with Crippen LogP contribution in [0.15, 0.2) is 24.3 Å². The third-order valence-corrected chi connectivity index (χ3v) is 3.64. The van der Waals surface area contributed by atoms with Gasteiger partial charge in [0, 0.05) is 23.2 Å². The van der Waals surface area contributed by atoms with Gasteiger partial charge in [-0.2, -0.15) is 0 Å². The van der Waals surface area contributed by atoms with Gasteiger partial charge in [-0.15, -0.1) is 0 Å². The van der Waals surface area contributed by atoms with Crippen LogP contribution < -0.4 is 4.74 Å². The average Bonchev–Trinajstić information content (AvgIpc) is 2.38. The maximum Gasteiger partial charge on any atom is 0.133 e. The van der Waals surface area contributed by atoms with Gasteiger partial charge in [0.2, 0.25) is 0 Å². The van der Waals surface area contributed by atoms with Crippen molar-refractivity contribution in [1.82, 2.24) is 9.97 Å². The first-order valence-electron chi connectivity index (χ1n) is 6.74. The number of para-hydroxylation sites is 1. The van der Waals surface area contributed by atoms with Crippen molar-refractivity contribution in [2.75, 3.05) is 7.11 Å². The van der Waals surface area contributed by atoms with E-state index < -0.39 is 0 Å². The summed E-state index contributed by atoms with van der Waals surface area (Å²) in [5.41, 5.74) is 3.33. The molecule has 0 aliphatic heterocycles. The summed E-state index contributed by atoms with van der Waals surface area (Å²) in [7, 11) is 1.68. The first kappa shape index (κ1) is 14.7. The Labute approximate surface area is 125 Å². The van der Waals surface area contributed by atoms with Gasteiger partial charge in [-0.3, -0.25) is 0 Å².